The van der Waals surface area contributed by atoms with E-state index in [1.165, 1.54) is 0 Å². The zero-order valence-corrected chi connectivity index (χ0v) is 12.0. The van der Waals surface area contributed by atoms with Crippen molar-refractivity contribution in [3.8, 4) is 0 Å². The molecule has 1 aromatic carbocycles. The van der Waals surface area contributed by atoms with Crippen molar-refractivity contribution in [3.63, 3.8) is 0 Å². The molecule has 0 bridgehead atoms. The minimum absolute atomic E-state index is 0.119. The van der Waals surface area contributed by atoms with Gasteiger partial charge in [-0.25, -0.2) is 4.98 Å². The zero-order chi connectivity index (χ0) is 14.0. The van der Waals surface area contributed by atoms with Gasteiger partial charge in [0, 0.05) is 16.8 Å². The average molecular weight is 275 g/mol. The molecule has 0 fully saturated rings. The van der Waals surface area contributed by atoms with Gasteiger partial charge in [0.1, 0.15) is 5.01 Å². The van der Waals surface area contributed by atoms with E-state index < -0.39 is 0 Å². The summed E-state index contributed by atoms with van der Waals surface area (Å²) in [5.74, 6) is -0.165. The number of carbonyl (C=O) groups is 1. The van der Waals surface area contributed by atoms with Crippen LogP contribution in [0.4, 0.5) is 5.69 Å². The van der Waals surface area contributed by atoms with Crippen LogP contribution < -0.4 is 11.1 Å². The SMILES string of the molecule is Cc1ccc(N)c(C(=O)NC(C)c2ncc(C)s2)c1. The third kappa shape index (κ3) is 3.12. The van der Waals surface area contributed by atoms with E-state index in [9.17, 15) is 4.79 Å². The quantitative estimate of drug-likeness (QED) is 0.846. The van der Waals surface area contributed by atoms with Crippen LogP contribution in [0.1, 0.15) is 38.8 Å². The molecule has 1 heterocycles. The highest BCUT2D eigenvalue weighted by Gasteiger charge is 2.15. The number of hydrogen-bond acceptors (Lipinski definition) is 4. The van der Waals surface area contributed by atoms with Gasteiger partial charge in [0.15, 0.2) is 0 Å². The number of aromatic nitrogens is 1. The summed E-state index contributed by atoms with van der Waals surface area (Å²) in [6.45, 7) is 5.85. The summed E-state index contributed by atoms with van der Waals surface area (Å²) in [5.41, 5.74) is 7.85. The second kappa shape index (κ2) is 5.40. The average Bonchev–Trinajstić information content (AvgIpc) is 2.79. The maximum Gasteiger partial charge on any atom is 0.253 e. The minimum atomic E-state index is -0.165. The summed E-state index contributed by atoms with van der Waals surface area (Å²) in [7, 11) is 0. The lowest BCUT2D eigenvalue weighted by atomic mass is 10.1. The van der Waals surface area contributed by atoms with E-state index in [1.807, 2.05) is 33.0 Å². The summed E-state index contributed by atoms with van der Waals surface area (Å²) < 4.78 is 0. The second-order valence-electron chi connectivity index (χ2n) is 4.60. The van der Waals surface area contributed by atoms with Gasteiger partial charge in [-0.1, -0.05) is 11.6 Å². The predicted molar refractivity (Wildman–Crippen MR) is 78.3 cm³/mol. The third-order valence-electron chi connectivity index (χ3n) is 2.81. The summed E-state index contributed by atoms with van der Waals surface area (Å²) in [6, 6.07) is 5.32. The number of nitrogen functional groups attached to an aromatic ring is 1. The molecule has 0 saturated carbocycles. The van der Waals surface area contributed by atoms with Crippen LogP contribution >= 0.6 is 11.3 Å². The predicted octanol–water partition coefficient (Wildman–Crippen LogP) is 2.83. The number of nitrogens with two attached hydrogens (primary N) is 1. The molecular weight excluding hydrogens is 258 g/mol. The molecule has 1 atom stereocenters. The van der Waals surface area contributed by atoms with Crippen LogP contribution in [0, 0.1) is 13.8 Å². The largest absolute Gasteiger partial charge is 0.398 e. The van der Waals surface area contributed by atoms with E-state index in [2.05, 4.69) is 10.3 Å². The lowest BCUT2D eigenvalue weighted by Crippen LogP contribution is -2.27. The lowest BCUT2D eigenvalue weighted by Gasteiger charge is -2.13. The first-order valence-corrected chi connectivity index (χ1v) is 6.88. The van der Waals surface area contributed by atoms with Crippen molar-refractivity contribution in [2.75, 3.05) is 5.73 Å². The number of amides is 1. The number of anilines is 1. The molecule has 0 radical (unpaired) electrons. The molecule has 19 heavy (non-hydrogen) atoms. The van der Waals surface area contributed by atoms with Gasteiger partial charge in [0.25, 0.3) is 5.91 Å². The molecule has 2 rings (SSSR count). The summed E-state index contributed by atoms with van der Waals surface area (Å²) in [6.07, 6.45) is 1.81. The topological polar surface area (TPSA) is 68.0 Å². The minimum Gasteiger partial charge on any atom is -0.398 e. The Bertz CT molecular complexity index is 606. The van der Waals surface area contributed by atoms with Crippen molar-refractivity contribution < 1.29 is 4.79 Å². The standard InChI is InChI=1S/C14H17N3OS/c1-8-4-5-12(15)11(6-8)13(18)17-10(3)14-16-7-9(2)19-14/h4-7,10H,15H2,1-3H3,(H,17,18). The van der Waals surface area contributed by atoms with E-state index in [0.717, 1.165) is 15.4 Å². The number of aryl methyl sites for hydroxylation is 2. The third-order valence-corrected chi connectivity index (χ3v) is 3.91. The van der Waals surface area contributed by atoms with Gasteiger partial charge in [0.2, 0.25) is 0 Å². The molecule has 0 aliphatic rings. The van der Waals surface area contributed by atoms with Crippen molar-refractivity contribution in [1.82, 2.24) is 10.3 Å². The molecule has 0 aliphatic heterocycles. The van der Waals surface area contributed by atoms with Gasteiger partial charge in [0.05, 0.1) is 11.6 Å². The Morgan fingerprint density at radius 3 is 2.79 bits per heavy atom. The van der Waals surface area contributed by atoms with Crippen molar-refractivity contribution in [3.05, 3.63) is 45.4 Å². The number of carbonyl (C=O) groups excluding carboxylic acids is 1. The Hall–Kier alpha value is -1.88. The number of benzene rings is 1. The van der Waals surface area contributed by atoms with Gasteiger partial charge in [-0.15, -0.1) is 11.3 Å². The number of nitrogens with zero attached hydrogens (tertiary/aromatic N) is 1. The van der Waals surface area contributed by atoms with Gasteiger partial charge in [-0.3, -0.25) is 4.79 Å². The lowest BCUT2D eigenvalue weighted by molar-refractivity contribution is 0.0940. The molecule has 1 aromatic heterocycles. The Morgan fingerprint density at radius 1 is 1.42 bits per heavy atom. The van der Waals surface area contributed by atoms with Crippen molar-refractivity contribution in [1.29, 1.82) is 0 Å². The first kappa shape index (κ1) is 13.5. The molecule has 0 saturated heterocycles. The fourth-order valence-electron chi connectivity index (χ4n) is 1.78. The summed E-state index contributed by atoms with van der Waals surface area (Å²) in [4.78, 5) is 17.6. The molecule has 100 valence electrons. The number of thiazole rings is 1. The van der Waals surface area contributed by atoms with Crippen LogP contribution in [-0.4, -0.2) is 10.9 Å². The Kier molecular flexibility index (Phi) is 3.85. The molecule has 3 N–H and O–H groups in total. The van der Waals surface area contributed by atoms with Gasteiger partial charge in [-0.05, 0) is 32.9 Å². The maximum absolute atomic E-state index is 12.2. The number of hydrogen-bond donors (Lipinski definition) is 2. The zero-order valence-electron chi connectivity index (χ0n) is 11.2. The monoisotopic (exact) mass is 275 g/mol. The highest BCUT2D eigenvalue weighted by Crippen LogP contribution is 2.20. The Balaban J connectivity index is 2.15. The first-order valence-electron chi connectivity index (χ1n) is 6.06. The summed E-state index contributed by atoms with van der Waals surface area (Å²) >= 11 is 1.58. The van der Waals surface area contributed by atoms with E-state index in [4.69, 9.17) is 5.73 Å². The molecular formula is C14H17N3OS. The molecule has 1 amide bonds. The second-order valence-corrected chi connectivity index (χ2v) is 5.86. The van der Waals surface area contributed by atoms with Gasteiger partial charge in [-0.2, -0.15) is 0 Å². The molecule has 2 aromatic rings. The van der Waals surface area contributed by atoms with Crippen LogP contribution in [0.5, 0.6) is 0 Å². The normalized spacial score (nSPS) is 12.2. The first-order chi connectivity index (χ1) is 8.97. The Labute approximate surface area is 116 Å². The van der Waals surface area contributed by atoms with Crippen LogP contribution in [0.3, 0.4) is 0 Å². The van der Waals surface area contributed by atoms with Crippen LogP contribution in [0.2, 0.25) is 0 Å². The van der Waals surface area contributed by atoms with E-state index in [-0.39, 0.29) is 11.9 Å². The Morgan fingerprint density at radius 2 is 2.16 bits per heavy atom. The van der Waals surface area contributed by atoms with Crippen LogP contribution in [-0.2, 0) is 0 Å². The maximum atomic E-state index is 12.2. The fraction of sp³-hybridized carbons (Fsp3) is 0.286. The smallest absolute Gasteiger partial charge is 0.253 e. The molecule has 0 spiro atoms. The fourth-order valence-corrected chi connectivity index (χ4v) is 2.55. The van der Waals surface area contributed by atoms with Crippen molar-refractivity contribution in [2.24, 2.45) is 0 Å². The highest BCUT2D eigenvalue weighted by atomic mass is 32.1. The van der Waals surface area contributed by atoms with E-state index >= 15 is 0 Å². The number of rotatable bonds is 3. The van der Waals surface area contributed by atoms with Gasteiger partial charge < -0.3 is 11.1 Å². The molecule has 1 unspecified atom stereocenters. The molecule has 5 heteroatoms. The van der Waals surface area contributed by atoms with Gasteiger partial charge >= 0.3 is 0 Å². The number of nitrogens with one attached hydrogen (secondary N) is 1. The summed E-state index contributed by atoms with van der Waals surface area (Å²) in [5, 5.41) is 3.82. The van der Waals surface area contributed by atoms with Crippen LogP contribution in [0.15, 0.2) is 24.4 Å². The highest BCUT2D eigenvalue weighted by molar-refractivity contribution is 7.11. The van der Waals surface area contributed by atoms with E-state index in [1.54, 1.807) is 23.5 Å². The van der Waals surface area contributed by atoms with Crippen molar-refractivity contribution >= 4 is 22.9 Å². The molecule has 4 nitrogen and oxygen atoms in total. The van der Waals surface area contributed by atoms with E-state index in [0.29, 0.717) is 11.3 Å². The van der Waals surface area contributed by atoms with Crippen molar-refractivity contribution in [2.45, 2.75) is 26.8 Å². The molecule has 0 aliphatic carbocycles. The van der Waals surface area contributed by atoms with Crippen LogP contribution in [0.25, 0.3) is 0 Å².